The Kier molecular flexibility index (Phi) is 13.3. The van der Waals surface area contributed by atoms with E-state index in [0.29, 0.717) is 30.5 Å². The number of ether oxygens (including phenoxy) is 2. The largest absolute Gasteiger partial charge is 0.378 e. The molecular weight excluding hydrogens is 645 g/mol. The maximum absolute atomic E-state index is 13.5. The van der Waals surface area contributed by atoms with Gasteiger partial charge >= 0.3 is 0 Å². The van der Waals surface area contributed by atoms with Gasteiger partial charge in [0.25, 0.3) is 0 Å². The van der Waals surface area contributed by atoms with Crippen LogP contribution in [0.2, 0.25) is 0 Å². The fourth-order valence-electron chi connectivity index (χ4n) is 8.93. The monoisotopic (exact) mass is 706 g/mol. The Morgan fingerprint density at radius 1 is 0.635 bits per heavy atom. The summed E-state index contributed by atoms with van der Waals surface area (Å²) in [5.41, 5.74) is 4.95. The van der Waals surface area contributed by atoms with E-state index in [2.05, 4.69) is 145 Å². The third-order valence-electron chi connectivity index (χ3n) is 12.1. The molecule has 7 heteroatoms. The van der Waals surface area contributed by atoms with Gasteiger partial charge in [-0.25, -0.2) is 0 Å². The Labute approximate surface area is 313 Å². The number of hydrogen-bond acceptors (Lipinski definition) is 7. The van der Waals surface area contributed by atoms with Gasteiger partial charge in [-0.3, -0.25) is 14.6 Å². The van der Waals surface area contributed by atoms with Crippen LogP contribution in [0.1, 0.15) is 49.7 Å². The number of nitrogens with zero attached hydrogens (tertiary/aromatic N) is 4. The van der Waals surface area contributed by atoms with Gasteiger partial charge < -0.3 is 19.3 Å². The molecule has 4 unspecified atom stereocenters. The molecule has 2 aliphatic carbocycles. The lowest BCUT2D eigenvalue weighted by Crippen LogP contribution is -2.52. The minimum Gasteiger partial charge on any atom is -0.378 e. The Bertz CT molecular complexity index is 1440. The maximum atomic E-state index is 13.5. The zero-order valence-electron chi connectivity index (χ0n) is 32.2. The average molecular weight is 707 g/mol. The number of carbonyl (C=O) groups is 1. The smallest absolute Gasteiger partial charge is 0.132 e. The van der Waals surface area contributed by atoms with Crippen LogP contribution < -0.4 is 0 Å². The van der Waals surface area contributed by atoms with E-state index in [1.165, 1.54) is 22.5 Å². The lowest BCUT2D eigenvalue weighted by atomic mass is 9.72. The molecule has 6 rings (SSSR count). The standard InChI is InChI=1S/C45H62N4O3/c1-46(2)44(33-37-13-7-5-8-14-37)35-41(48-25-29-51-30-26-48)23-21-39(44)17-11-19-43(50)20-12-18-40-22-24-42(49-27-31-52-32-28-49)36-45(40,47(3)4)34-38-15-9-6-10-16-38/h5-10,13-16,21-24,35-36,39-40H,11-12,17-20,25-34H2,1-4H3. The third kappa shape index (κ3) is 9.17. The van der Waals surface area contributed by atoms with Crippen LogP contribution in [-0.2, 0) is 27.1 Å². The molecule has 0 bridgehead atoms. The summed E-state index contributed by atoms with van der Waals surface area (Å²) in [6.45, 7) is 6.80. The minimum atomic E-state index is -0.165. The highest BCUT2D eigenvalue weighted by Gasteiger charge is 2.42. The molecule has 4 atom stereocenters. The third-order valence-corrected chi connectivity index (χ3v) is 12.1. The zero-order valence-corrected chi connectivity index (χ0v) is 32.2. The van der Waals surface area contributed by atoms with Crippen molar-refractivity contribution in [1.29, 1.82) is 0 Å². The second-order valence-corrected chi connectivity index (χ2v) is 15.7. The van der Waals surface area contributed by atoms with Crippen LogP contribution in [0.25, 0.3) is 0 Å². The Hall–Kier alpha value is -3.49. The summed E-state index contributed by atoms with van der Waals surface area (Å²) < 4.78 is 11.3. The summed E-state index contributed by atoms with van der Waals surface area (Å²) >= 11 is 0. The number of rotatable bonds is 16. The van der Waals surface area contributed by atoms with Crippen molar-refractivity contribution in [3.63, 3.8) is 0 Å². The molecule has 4 aliphatic rings. The van der Waals surface area contributed by atoms with E-state index >= 15 is 0 Å². The van der Waals surface area contributed by atoms with E-state index < -0.39 is 0 Å². The van der Waals surface area contributed by atoms with Crippen molar-refractivity contribution in [2.24, 2.45) is 11.8 Å². The molecule has 2 heterocycles. The molecule has 2 aliphatic heterocycles. The number of ketones is 1. The molecule has 52 heavy (non-hydrogen) atoms. The number of benzene rings is 2. The number of hydrogen-bond donors (Lipinski definition) is 0. The summed E-state index contributed by atoms with van der Waals surface area (Å²) in [6.07, 6.45) is 21.5. The van der Waals surface area contributed by atoms with Crippen LogP contribution in [0.4, 0.5) is 0 Å². The van der Waals surface area contributed by atoms with Gasteiger partial charge in [0.05, 0.1) is 37.5 Å². The first-order valence-corrected chi connectivity index (χ1v) is 19.7. The minimum absolute atomic E-state index is 0.165. The molecule has 2 aromatic carbocycles. The lowest BCUT2D eigenvalue weighted by molar-refractivity contribution is -0.119. The van der Waals surface area contributed by atoms with Crippen LogP contribution in [0.15, 0.2) is 109 Å². The highest BCUT2D eigenvalue weighted by molar-refractivity contribution is 5.78. The van der Waals surface area contributed by atoms with Crippen LogP contribution in [0, 0.1) is 11.8 Å². The van der Waals surface area contributed by atoms with Crippen molar-refractivity contribution in [2.45, 2.75) is 62.4 Å². The molecule has 0 aromatic heterocycles. The topological polar surface area (TPSA) is 48.5 Å². The summed E-state index contributed by atoms with van der Waals surface area (Å²) in [4.78, 5) is 23.3. The zero-order chi connectivity index (χ0) is 36.4. The summed E-state index contributed by atoms with van der Waals surface area (Å²) in [5.74, 6) is 1.03. The Morgan fingerprint density at radius 3 is 1.38 bits per heavy atom. The van der Waals surface area contributed by atoms with Crippen molar-refractivity contribution in [1.82, 2.24) is 19.6 Å². The molecule has 2 aromatic rings. The van der Waals surface area contributed by atoms with Gasteiger partial charge in [-0.05, 0) is 114 Å². The van der Waals surface area contributed by atoms with Gasteiger partial charge in [-0.15, -0.1) is 0 Å². The summed E-state index contributed by atoms with van der Waals surface area (Å²) in [7, 11) is 8.88. The van der Waals surface area contributed by atoms with Gasteiger partial charge in [0.1, 0.15) is 5.78 Å². The molecule has 2 saturated heterocycles. The predicted molar refractivity (Wildman–Crippen MR) is 212 cm³/mol. The number of morpholine rings is 2. The molecule has 0 spiro atoms. The summed E-state index contributed by atoms with van der Waals surface area (Å²) in [5, 5.41) is 0. The molecule has 7 nitrogen and oxygen atoms in total. The van der Waals surface area contributed by atoms with Gasteiger partial charge in [0.15, 0.2) is 0 Å². The molecular formula is C45H62N4O3. The molecule has 0 N–H and O–H groups in total. The maximum Gasteiger partial charge on any atom is 0.132 e. The van der Waals surface area contributed by atoms with E-state index in [0.717, 1.165) is 91.1 Å². The Morgan fingerprint density at radius 2 is 1.02 bits per heavy atom. The normalized spacial score (nSPS) is 26.5. The highest BCUT2D eigenvalue weighted by atomic mass is 16.5. The molecule has 0 radical (unpaired) electrons. The molecule has 280 valence electrons. The summed E-state index contributed by atoms with van der Waals surface area (Å²) in [6, 6.07) is 21.8. The number of Topliss-reactive ketones (excluding diaryl/α,β-unsaturated/α-hetero) is 1. The van der Waals surface area contributed by atoms with Gasteiger partial charge in [0.2, 0.25) is 0 Å². The fraction of sp³-hybridized carbons (Fsp3) is 0.533. The first-order chi connectivity index (χ1) is 25.3. The lowest BCUT2D eigenvalue weighted by Gasteiger charge is -2.47. The van der Waals surface area contributed by atoms with Crippen molar-refractivity contribution < 1.29 is 14.3 Å². The van der Waals surface area contributed by atoms with E-state index in [4.69, 9.17) is 9.47 Å². The van der Waals surface area contributed by atoms with Gasteiger partial charge in [0, 0.05) is 50.4 Å². The number of carbonyl (C=O) groups excluding carboxylic acids is 1. The van der Waals surface area contributed by atoms with Crippen LogP contribution in [-0.4, -0.2) is 117 Å². The van der Waals surface area contributed by atoms with E-state index in [1.807, 2.05) is 0 Å². The van der Waals surface area contributed by atoms with Crippen molar-refractivity contribution in [2.75, 3.05) is 80.8 Å². The van der Waals surface area contributed by atoms with Crippen molar-refractivity contribution in [3.8, 4) is 0 Å². The van der Waals surface area contributed by atoms with Crippen LogP contribution in [0.5, 0.6) is 0 Å². The van der Waals surface area contributed by atoms with Crippen molar-refractivity contribution in [3.05, 3.63) is 120 Å². The van der Waals surface area contributed by atoms with Crippen molar-refractivity contribution >= 4 is 5.78 Å². The first kappa shape index (κ1) is 38.2. The van der Waals surface area contributed by atoms with Gasteiger partial charge in [-0.2, -0.15) is 0 Å². The molecule has 2 fully saturated rings. The second kappa shape index (κ2) is 18.0. The average Bonchev–Trinajstić information content (AvgIpc) is 3.17. The van der Waals surface area contributed by atoms with Crippen LogP contribution in [0.3, 0.4) is 0 Å². The molecule has 0 amide bonds. The fourth-order valence-corrected chi connectivity index (χ4v) is 8.93. The second-order valence-electron chi connectivity index (χ2n) is 15.7. The highest BCUT2D eigenvalue weighted by Crippen LogP contribution is 2.40. The number of allylic oxidation sites excluding steroid dienone is 2. The van der Waals surface area contributed by atoms with E-state index in [9.17, 15) is 4.79 Å². The van der Waals surface area contributed by atoms with Crippen LogP contribution >= 0.6 is 0 Å². The van der Waals surface area contributed by atoms with Gasteiger partial charge in [-0.1, -0.05) is 72.8 Å². The van der Waals surface area contributed by atoms with E-state index in [-0.39, 0.29) is 11.1 Å². The Balaban J connectivity index is 1.09. The quantitative estimate of drug-likeness (QED) is 0.191. The molecule has 0 saturated carbocycles. The first-order valence-electron chi connectivity index (χ1n) is 19.7. The SMILES string of the molecule is CN(C)C1(Cc2ccccc2)C=C(N2CCOCC2)C=CC1CCCC(=O)CCCC1C=CC(N2CCOCC2)=CC1(Cc1ccccc1)N(C)C. The van der Waals surface area contributed by atoms with E-state index in [1.54, 1.807) is 0 Å². The predicted octanol–water partition coefficient (Wildman–Crippen LogP) is 6.79. The number of likely N-dealkylation sites (N-methyl/N-ethyl adjacent to an activating group) is 2.